The topological polar surface area (TPSA) is 100 Å². The highest BCUT2D eigenvalue weighted by atomic mass is 16.3. The first-order chi connectivity index (χ1) is 12.1. The number of phenols is 1. The van der Waals surface area contributed by atoms with Gasteiger partial charge < -0.3 is 21.5 Å². The van der Waals surface area contributed by atoms with Gasteiger partial charge in [-0.15, -0.1) is 0 Å². The molecule has 1 aliphatic rings. The molecule has 1 aromatic carbocycles. The lowest BCUT2D eigenvalue weighted by molar-refractivity contribution is -0.119. The third-order valence-electron chi connectivity index (χ3n) is 4.62. The number of carbonyl (C=O) groups excluding carboxylic acids is 1. The molecule has 3 rings (SSSR count). The van der Waals surface area contributed by atoms with Crippen LogP contribution in [0.2, 0.25) is 0 Å². The van der Waals surface area contributed by atoms with Gasteiger partial charge in [0.1, 0.15) is 11.6 Å². The lowest BCUT2D eigenvalue weighted by atomic mass is 9.87. The molecule has 132 valence electrons. The molecular formula is C19H24N4O2. The van der Waals surface area contributed by atoms with Crippen LogP contribution in [0.1, 0.15) is 36.8 Å². The van der Waals surface area contributed by atoms with Crippen LogP contribution in [0, 0.1) is 0 Å². The number of rotatable bonds is 4. The average molecular weight is 340 g/mol. The first kappa shape index (κ1) is 17.2. The van der Waals surface area contributed by atoms with Crippen LogP contribution in [0.5, 0.6) is 5.75 Å². The molecule has 1 fully saturated rings. The van der Waals surface area contributed by atoms with Crippen molar-refractivity contribution in [2.45, 2.75) is 32.2 Å². The van der Waals surface area contributed by atoms with Gasteiger partial charge in [-0.3, -0.25) is 4.79 Å². The molecule has 0 spiro atoms. The van der Waals surface area contributed by atoms with E-state index in [0.717, 1.165) is 37.1 Å². The Morgan fingerprint density at radius 2 is 2.24 bits per heavy atom. The lowest BCUT2D eigenvalue weighted by Crippen LogP contribution is -2.30. The Bertz CT molecular complexity index is 770. The number of phenolic OH excluding ortho intramolecular Hbond substituents is 1. The Kier molecular flexibility index (Phi) is 5.19. The number of piperidine rings is 1. The molecule has 0 saturated carbocycles. The minimum Gasteiger partial charge on any atom is -0.507 e. The largest absolute Gasteiger partial charge is 0.507 e. The van der Waals surface area contributed by atoms with Crippen LogP contribution in [-0.4, -0.2) is 29.1 Å². The van der Waals surface area contributed by atoms with E-state index in [4.69, 9.17) is 5.73 Å². The number of hydrogen-bond acceptors (Lipinski definition) is 5. The maximum atomic E-state index is 11.3. The molecule has 25 heavy (non-hydrogen) atoms. The van der Waals surface area contributed by atoms with Crippen molar-refractivity contribution >= 4 is 11.7 Å². The van der Waals surface area contributed by atoms with Crippen LogP contribution < -0.4 is 16.4 Å². The summed E-state index contributed by atoms with van der Waals surface area (Å²) in [6.45, 7) is 3.74. The molecule has 1 aromatic heterocycles. The first-order valence-corrected chi connectivity index (χ1v) is 8.59. The van der Waals surface area contributed by atoms with Crippen LogP contribution in [0.4, 0.5) is 5.82 Å². The number of nitrogens with one attached hydrogen (secondary N) is 2. The number of nitrogens with zero attached hydrogens (tertiary/aromatic N) is 1. The van der Waals surface area contributed by atoms with Crippen molar-refractivity contribution in [1.29, 1.82) is 0 Å². The zero-order chi connectivity index (χ0) is 17.8. The molecule has 5 N–H and O–H groups in total. The summed E-state index contributed by atoms with van der Waals surface area (Å²) in [5.41, 5.74) is 9.50. The zero-order valence-electron chi connectivity index (χ0n) is 14.4. The number of amides is 1. The molecule has 0 aliphatic carbocycles. The summed E-state index contributed by atoms with van der Waals surface area (Å²) in [4.78, 5) is 15.8. The van der Waals surface area contributed by atoms with E-state index in [0.29, 0.717) is 29.5 Å². The minimum atomic E-state index is -0.100. The van der Waals surface area contributed by atoms with Gasteiger partial charge in [0.25, 0.3) is 0 Å². The molecule has 1 unspecified atom stereocenters. The Morgan fingerprint density at radius 1 is 1.44 bits per heavy atom. The second kappa shape index (κ2) is 7.53. The van der Waals surface area contributed by atoms with Gasteiger partial charge in [-0.2, -0.15) is 0 Å². The van der Waals surface area contributed by atoms with Gasteiger partial charge in [-0.05, 0) is 49.1 Å². The maximum Gasteiger partial charge on any atom is 0.217 e. The van der Waals surface area contributed by atoms with Crippen molar-refractivity contribution in [2.24, 2.45) is 0 Å². The summed E-state index contributed by atoms with van der Waals surface area (Å²) in [6, 6.07) is 9.10. The molecule has 2 aromatic rings. The number of aromatic nitrogens is 1. The Labute approximate surface area is 147 Å². The molecule has 1 atom stereocenters. The highest BCUT2D eigenvalue weighted by Gasteiger charge is 2.22. The Hall–Kier alpha value is -2.60. The number of anilines is 1. The number of pyridine rings is 1. The molecule has 6 heteroatoms. The number of aromatic hydroxyl groups is 1. The number of nitrogens with two attached hydrogens (primary N) is 1. The van der Waals surface area contributed by atoms with E-state index < -0.39 is 0 Å². The summed E-state index contributed by atoms with van der Waals surface area (Å²) in [5.74, 6) is 0.788. The smallest absolute Gasteiger partial charge is 0.217 e. The maximum absolute atomic E-state index is 11.3. The van der Waals surface area contributed by atoms with Crippen LogP contribution >= 0.6 is 0 Å². The summed E-state index contributed by atoms with van der Waals surface area (Å²) in [6.07, 6.45) is 2.15. The fraction of sp³-hybridized carbons (Fsp3) is 0.368. The minimum absolute atomic E-state index is 0.100. The van der Waals surface area contributed by atoms with Crippen molar-refractivity contribution in [3.63, 3.8) is 0 Å². The van der Waals surface area contributed by atoms with E-state index in [-0.39, 0.29) is 11.7 Å². The van der Waals surface area contributed by atoms with E-state index in [2.05, 4.69) is 15.6 Å². The van der Waals surface area contributed by atoms with Crippen LogP contribution in [0.3, 0.4) is 0 Å². The van der Waals surface area contributed by atoms with Gasteiger partial charge >= 0.3 is 0 Å². The van der Waals surface area contributed by atoms with Crippen molar-refractivity contribution in [3.8, 4) is 17.0 Å². The normalized spacial score (nSPS) is 17.2. The number of para-hydroxylation sites is 1. The standard InChI is InChI=1S/C19H24N4O2/c1-12(24)22-11-16-15(13-5-4-8-21-10-13)9-17(23-19(16)20)14-6-2-3-7-18(14)25/h2-3,6-7,9,13,21,25H,4-5,8,10-11H2,1H3,(H2,20,23)(H,22,24). The van der Waals surface area contributed by atoms with E-state index >= 15 is 0 Å². The third-order valence-corrected chi connectivity index (χ3v) is 4.62. The second-order valence-electron chi connectivity index (χ2n) is 6.43. The van der Waals surface area contributed by atoms with Crippen LogP contribution in [0.25, 0.3) is 11.3 Å². The van der Waals surface area contributed by atoms with Gasteiger partial charge in [-0.1, -0.05) is 12.1 Å². The fourth-order valence-electron chi connectivity index (χ4n) is 3.33. The predicted molar refractivity (Wildman–Crippen MR) is 98.1 cm³/mol. The summed E-state index contributed by atoms with van der Waals surface area (Å²) < 4.78 is 0. The Morgan fingerprint density at radius 3 is 2.92 bits per heavy atom. The highest BCUT2D eigenvalue weighted by Crippen LogP contribution is 2.35. The van der Waals surface area contributed by atoms with Crippen LogP contribution in [0.15, 0.2) is 30.3 Å². The second-order valence-corrected chi connectivity index (χ2v) is 6.43. The number of nitrogen functional groups attached to an aromatic ring is 1. The quantitative estimate of drug-likeness (QED) is 0.683. The molecule has 0 bridgehead atoms. The van der Waals surface area contributed by atoms with Gasteiger partial charge in [0, 0.05) is 31.1 Å². The molecule has 1 saturated heterocycles. The Balaban J connectivity index is 2.06. The van der Waals surface area contributed by atoms with Crippen molar-refractivity contribution in [1.82, 2.24) is 15.6 Å². The highest BCUT2D eigenvalue weighted by molar-refractivity contribution is 5.74. The van der Waals surface area contributed by atoms with E-state index in [1.54, 1.807) is 12.1 Å². The average Bonchev–Trinajstić information content (AvgIpc) is 2.61. The van der Waals surface area contributed by atoms with Gasteiger partial charge in [0.15, 0.2) is 0 Å². The zero-order valence-corrected chi connectivity index (χ0v) is 14.4. The molecule has 0 radical (unpaired) electrons. The van der Waals surface area contributed by atoms with E-state index in [1.165, 1.54) is 6.92 Å². The summed E-state index contributed by atoms with van der Waals surface area (Å²) >= 11 is 0. The van der Waals surface area contributed by atoms with Gasteiger partial charge in [-0.25, -0.2) is 4.98 Å². The predicted octanol–water partition coefficient (Wildman–Crippen LogP) is 2.14. The molecule has 1 amide bonds. The van der Waals surface area contributed by atoms with E-state index in [9.17, 15) is 9.90 Å². The number of carbonyl (C=O) groups is 1. The monoisotopic (exact) mass is 340 g/mol. The summed E-state index contributed by atoms with van der Waals surface area (Å²) in [5, 5.41) is 16.4. The third kappa shape index (κ3) is 3.91. The first-order valence-electron chi connectivity index (χ1n) is 8.59. The van der Waals surface area contributed by atoms with Crippen molar-refractivity contribution in [2.75, 3.05) is 18.8 Å². The van der Waals surface area contributed by atoms with Crippen molar-refractivity contribution in [3.05, 3.63) is 41.5 Å². The molecule has 1 aliphatic heterocycles. The van der Waals surface area contributed by atoms with Gasteiger partial charge in [0.2, 0.25) is 5.91 Å². The molecular weight excluding hydrogens is 316 g/mol. The molecule has 2 heterocycles. The van der Waals surface area contributed by atoms with E-state index in [1.807, 2.05) is 18.2 Å². The lowest BCUT2D eigenvalue weighted by Gasteiger charge is -2.26. The SMILES string of the molecule is CC(=O)NCc1c(C2CCCNC2)cc(-c2ccccc2O)nc1N. The fourth-order valence-corrected chi connectivity index (χ4v) is 3.33. The van der Waals surface area contributed by atoms with Crippen molar-refractivity contribution < 1.29 is 9.90 Å². The number of benzene rings is 1. The van der Waals surface area contributed by atoms with Gasteiger partial charge in [0.05, 0.1) is 5.69 Å². The number of hydrogen-bond donors (Lipinski definition) is 4. The summed E-state index contributed by atoms with van der Waals surface area (Å²) in [7, 11) is 0. The van der Waals surface area contributed by atoms with Crippen LogP contribution in [-0.2, 0) is 11.3 Å². The molecule has 6 nitrogen and oxygen atoms in total.